The zero-order valence-corrected chi connectivity index (χ0v) is 10.9. The average Bonchev–Trinajstić information content (AvgIpc) is 3.26. The number of phenols is 1. The first kappa shape index (κ1) is 12.3. The zero-order valence-electron chi connectivity index (χ0n) is 10.9. The molecule has 0 bridgehead atoms. The number of hydrogen-bond donors (Lipinski definition) is 2. The monoisotopic (exact) mass is 261 g/mol. The number of amides is 1. The number of anilines is 1. The normalized spacial score (nSPS) is 20.5. The van der Waals surface area contributed by atoms with Gasteiger partial charge in [0.1, 0.15) is 0 Å². The molecule has 0 aromatic heterocycles. The molecule has 102 valence electrons. The molecule has 3 N–H and O–H groups in total. The maximum absolute atomic E-state index is 12.4. The number of rotatable bonds is 2. The van der Waals surface area contributed by atoms with E-state index in [-0.39, 0.29) is 17.3 Å². The third-order valence-corrected chi connectivity index (χ3v) is 3.96. The summed E-state index contributed by atoms with van der Waals surface area (Å²) in [4.78, 5) is 16.6. The van der Waals surface area contributed by atoms with Gasteiger partial charge in [-0.3, -0.25) is 9.69 Å². The number of carbonyl (C=O) groups excluding carboxylic acids is 1. The third kappa shape index (κ3) is 2.38. The number of benzene rings is 1. The Labute approximate surface area is 112 Å². The summed E-state index contributed by atoms with van der Waals surface area (Å²) in [5.41, 5.74) is 6.19. The largest absolute Gasteiger partial charge is 0.505 e. The van der Waals surface area contributed by atoms with E-state index in [1.54, 1.807) is 23.1 Å². The quantitative estimate of drug-likeness (QED) is 0.613. The van der Waals surface area contributed by atoms with Crippen LogP contribution in [0.2, 0.25) is 0 Å². The molecular formula is C14H19N3O2. The number of phenolic OH excluding ortho intramolecular Hbond substituents is 1. The number of aromatic hydroxyl groups is 1. The van der Waals surface area contributed by atoms with Crippen LogP contribution in [0.4, 0.5) is 5.69 Å². The molecule has 1 heterocycles. The molecule has 1 aliphatic carbocycles. The molecule has 1 saturated carbocycles. The SMILES string of the molecule is Nc1cccc(C(=O)N2CCN(C3CC3)CC2)c1O. The van der Waals surface area contributed by atoms with Gasteiger partial charge in [0.05, 0.1) is 11.3 Å². The topological polar surface area (TPSA) is 69.8 Å². The van der Waals surface area contributed by atoms with Gasteiger partial charge in [-0.1, -0.05) is 6.07 Å². The smallest absolute Gasteiger partial charge is 0.257 e. The highest BCUT2D eigenvalue weighted by atomic mass is 16.3. The molecule has 0 unspecified atom stereocenters. The Hall–Kier alpha value is -1.75. The molecule has 0 spiro atoms. The van der Waals surface area contributed by atoms with E-state index in [1.807, 2.05) is 0 Å². The molecule has 2 fully saturated rings. The van der Waals surface area contributed by atoms with E-state index < -0.39 is 0 Å². The highest BCUT2D eigenvalue weighted by molar-refractivity contribution is 5.98. The number of carbonyl (C=O) groups is 1. The van der Waals surface area contributed by atoms with Gasteiger partial charge >= 0.3 is 0 Å². The van der Waals surface area contributed by atoms with Gasteiger partial charge < -0.3 is 15.7 Å². The summed E-state index contributed by atoms with van der Waals surface area (Å²) in [5, 5.41) is 9.87. The number of para-hydroxylation sites is 1. The highest BCUT2D eigenvalue weighted by Gasteiger charge is 2.32. The van der Waals surface area contributed by atoms with E-state index in [2.05, 4.69) is 4.90 Å². The second-order valence-corrected chi connectivity index (χ2v) is 5.30. The van der Waals surface area contributed by atoms with Gasteiger partial charge in [-0.25, -0.2) is 0 Å². The number of nitrogen functional groups attached to an aromatic ring is 1. The van der Waals surface area contributed by atoms with E-state index >= 15 is 0 Å². The van der Waals surface area contributed by atoms with Crippen molar-refractivity contribution in [3.05, 3.63) is 23.8 Å². The van der Waals surface area contributed by atoms with E-state index in [0.29, 0.717) is 5.56 Å². The summed E-state index contributed by atoms with van der Waals surface area (Å²) in [5.74, 6) is -0.225. The lowest BCUT2D eigenvalue weighted by molar-refractivity contribution is 0.0624. The molecule has 1 saturated heterocycles. The molecule has 5 heteroatoms. The van der Waals surface area contributed by atoms with Crippen molar-refractivity contribution in [3.63, 3.8) is 0 Å². The van der Waals surface area contributed by atoms with Crippen LogP contribution < -0.4 is 5.73 Å². The third-order valence-electron chi connectivity index (χ3n) is 3.96. The highest BCUT2D eigenvalue weighted by Crippen LogP contribution is 2.29. The minimum absolute atomic E-state index is 0.0999. The van der Waals surface area contributed by atoms with Crippen LogP contribution in [0.15, 0.2) is 18.2 Å². The number of piperazine rings is 1. The van der Waals surface area contributed by atoms with Gasteiger partial charge in [-0.2, -0.15) is 0 Å². The summed E-state index contributed by atoms with van der Waals surface area (Å²) in [7, 11) is 0. The van der Waals surface area contributed by atoms with Crippen LogP contribution in [0.3, 0.4) is 0 Å². The minimum atomic E-state index is -0.125. The summed E-state index contributed by atoms with van der Waals surface area (Å²) in [6, 6.07) is 5.67. The molecular weight excluding hydrogens is 242 g/mol. The molecule has 1 aromatic carbocycles. The number of nitrogens with two attached hydrogens (primary N) is 1. The average molecular weight is 261 g/mol. The van der Waals surface area contributed by atoms with Crippen LogP contribution in [0.25, 0.3) is 0 Å². The molecule has 3 rings (SSSR count). The fraction of sp³-hybridized carbons (Fsp3) is 0.500. The van der Waals surface area contributed by atoms with E-state index in [4.69, 9.17) is 5.73 Å². The van der Waals surface area contributed by atoms with Gasteiger partial charge in [-0.05, 0) is 25.0 Å². The summed E-state index contributed by atoms with van der Waals surface area (Å²) < 4.78 is 0. The van der Waals surface area contributed by atoms with E-state index in [0.717, 1.165) is 32.2 Å². The first-order valence-corrected chi connectivity index (χ1v) is 6.77. The molecule has 0 atom stereocenters. The standard InChI is InChI=1S/C14H19N3O2/c15-12-3-1-2-11(13(12)18)14(19)17-8-6-16(7-9-17)10-4-5-10/h1-3,10,18H,4-9,15H2. The fourth-order valence-corrected chi connectivity index (χ4v) is 2.63. The Morgan fingerprint density at radius 2 is 1.89 bits per heavy atom. The molecule has 0 radical (unpaired) electrons. The lowest BCUT2D eigenvalue weighted by atomic mass is 10.1. The second-order valence-electron chi connectivity index (χ2n) is 5.30. The Morgan fingerprint density at radius 1 is 1.21 bits per heavy atom. The van der Waals surface area contributed by atoms with E-state index in [1.165, 1.54) is 12.8 Å². The van der Waals surface area contributed by atoms with Crippen LogP contribution in [-0.4, -0.2) is 53.0 Å². The van der Waals surface area contributed by atoms with Gasteiger partial charge in [0.15, 0.2) is 5.75 Å². The van der Waals surface area contributed by atoms with Crippen molar-refractivity contribution >= 4 is 11.6 Å². The van der Waals surface area contributed by atoms with Crippen molar-refractivity contribution in [1.29, 1.82) is 0 Å². The van der Waals surface area contributed by atoms with Crippen LogP contribution in [0.5, 0.6) is 5.75 Å². The van der Waals surface area contributed by atoms with Crippen molar-refractivity contribution in [3.8, 4) is 5.75 Å². The lowest BCUT2D eigenvalue weighted by Crippen LogP contribution is -2.49. The lowest BCUT2D eigenvalue weighted by Gasteiger charge is -2.35. The summed E-state index contributed by atoms with van der Waals surface area (Å²) in [6.07, 6.45) is 2.59. The van der Waals surface area contributed by atoms with Crippen LogP contribution >= 0.6 is 0 Å². The fourth-order valence-electron chi connectivity index (χ4n) is 2.63. The van der Waals surface area contributed by atoms with Gasteiger partial charge in [0, 0.05) is 32.2 Å². The Bertz CT molecular complexity index is 491. The molecule has 1 aromatic rings. The van der Waals surface area contributed by atoms with Crippen molar-refractivity contribution < 1.29 is 9.90 Å². The summed E-state index contributed by atoms with van der Waals surface area (Å²) >= 11 is 0. The van der Waals surface area contributed by atoms with Gasteiger partial charge in [0.25, 0.3) is 5.91 Å². The van der Waals surface area contributed by atoms with Crippen LogP contribution in [-0.2, 0) is 0 Å². The first-order chi connectivity index (χ1) is 9.16. The molecule has 19 heavy (non-hydrogen) atoms. The first-order valence-electron chi connectivity index (χ1n) is 6.77. The predicted molar refractivity (Wildman–Crippen MR) is 73.0 cm³/mol. The van der Waals surface area contributed by atoms with Crippen molar-refractivity contribution in [2.75, 3.05) is 31.9 Å². The Kier molecular flexibility index (Phi) is 3.06. The zero-order chi connectivity index (χ0) is 13.4. The maximum Gasteiger partial charge on any atom is 0.257 e. The molecule has 1 aliphatic heterocycles. The van der Waals surface area contributed by atoms with E-state index in [9.17, 15) is 9.90 Å². The number of nitrogens with zero attached hydrogens (tertiary/aromatic N) is 2. The summed E-state index contributed by atoms with van der Waals surface area (Å²) in [6.45, 7) is 3.31. The van der Waals surface area contributed by atoms with Crippen molar-refractivity contribution in [1.82, 2.24) is 9.80 Å². The molecule has 1 amide bonds. The van der Waals surface area contributed by atoms with Crippen molar-refractivity contribution in [2.45, 2.75) is 18.9 Å². The van der Waals surface area contributed by atoms with Crippen molar-refractivity contribution in [2.24, 2.45) is 0 Å². The molecule has 2 aliphatic rings. The predicted octanol–water partition coefficient (Wildman–Crippen LogP) is 0.895. The Balaban J connectivity index is 1.69. The van der Waals surface area contributed by atoms with Gasteiger partial charge in [0.2, 0.25) is 0 Å². The minimum Gasteiger partial charge on any atom is -0.505 e. The Morgan fingerprint density at radius 3 is 2.53 bits per heavy atom. The van der Waals surface area contributed by atoms with Gasteiger partial charge in [-0.15, -0.1) is 0 Å². The van der Waals surface area contributed by atoms with Crippen LogP contribution in [0, 0.1) is 0 Å². The second kappa shape index (κ2) is 4.74. The van der Waals surface area contributed by atoms with Crippen LogP contribution in [0.1, 0.15) is 23.2 Å². The molecule has 5 nitrogen and oxygen atoms in total. The number of hydrogen-bond acceptors (Lipinski definition) is 4. The maximum atomic E-state index is 12.4.